The second-order valence-electron chi connectivity index (χ2n) is 9.75. The van der Waals surface area contributed by atoms with Crippen LogP contribution in [-0.4, -0.2) is 39.1 Å². The molecule has 1 unspecified atom stereocenters. The quantitative estimate of drug-likeness (QED) is 0.148. The van der Waals surface area contributed by atoms with Gasteiger partial charge in [0.25, 0.3) is 0 Å². The van der Waals surface area contributed by atoms with E-state index in [0.29, 0.717) is 18.3 Å². The van der Waals surface area contributed by atoms with Gasteiger partial charge in [-0.05, 0) is 49.1 Å². The first kappa shape index (κ1) is 25.7. The van der Waals surface area contributed by atoms with Gasteiger partial charge in [0.2, 0.25) is 11.7 Å². The molecule has 4 rings (SSSR count). The highest BCUT2D eigenvalue weighted by atomic mass is 16.5. The van der Waals surface area contributed by atoms with Crippen LogP contribution in [0.4, 0.5) is 11.5 Å². The largest absolute Gasteiger partial charge is 0.370 e. The van der Waals surface area contributed by atoms with Gasteiger partial charge >= 0.3 is 0 Å². The predicted molar refractivity (Wildman–Crippen MR) is 144 cm³/mol. The number of rotatable bonds is 13. The van der Waals surface area contributed by atoms with E-state index in [-0.39, 0.29) is 11.9 Å². The summed E-state index contributed by atoms with van der Waals surface area (Å²) in [5.74, 6) is 2.06. The molecular weight excluding hydrogens is 450 g/mol. The van der Waals surface area contributed by atoms with Gasteiger partial charge in [0.05, 0.1) is 5.92 Å². The van der Waals surface area contributed by atoms with Crippen molar-refractivity contribution >= 4 is 17.5 Å². The molecule has 3 heterocycles. The summed E-state index contributed by atoms with van der Waals surface area (Å²) >= 11 is 0. The Kier molecular flexibility index (Phi) is 9.30. The van der Waals surface area contributed by atoms with Crippen molar-refractivity contribution in [3.05, 3.63) is 54.0 Å². The third kappa shape index (κ3) is 7.29. The number of nitrogens with zero attached hydrogens (tertiary/aromatic N) is 4. The van der Waals surface area contributed by atoms with E-state index in [2.05, 4.69) is 51.6 Å². The minimum absolute atomic E-state index is 0.0858. The summed E-state index contributed by atoms with van der Waals surface area (Å²) in [5.41, 5.74) is 8.79. The van der Waals surface area contributed by atoms with Crippen LogP contribution in [0.1, 0.15) is 82.1 Å². The number of nitrogens with one attached hydrogen (secondary N) is 2. The van der Waals surface area contributed by atoms with Crippen molar-refractivity contribution < 1.29 is 4.52 Å². The summed E-state index contributed by atoms with van der Waals surface area (Å²) in [6.45, 7) is 3.64. The smallest absolute Gasteiger partial charge is 0.231 e. The van der Waals surface area contributed by atoms with Crippen LogP contribution >= 0.6 is 0 Å². The monoisotopic (exact) mass is 489 g/mol. The van der Waals surface area contributed by atoms with Gasteiger partial charge in [-0.1, -0.05) is 69.2 Å². The van der Waals surface area contributed by atoms with Gasteiger partial charge in [-0.25, -0.2) is 4.98 Å². The second kappa shape index (κ2) is 13.0. The number of aryl methyl sites for hydroxylation is 1. The van der Waals surface area contributed by atoms with Crippen LogP contribution in [-0.2, 0) is 6.42 Å². The lowest BCUT2D eigenvalue weighted by Crippen LogP contribution is -2.34. The number of benzene rings is 1. The van der Waals surface area contributed by atoms with E-state index < -0.39 is 0 Å². The Morgan fingerprint density at radius 3 is 2.47 bits per heavy atom. The van der Waals surface area contributed by atoms with E-state index in [4.69, 9.17) is 15.7 Å². The van der Waals surface area contributed by atoms with Crippen molar-refractivity contribution in [1.82, 2.24) is 20.0 Å². The first-order chi connectivity index (χ1) is 17.6. The van der Waals surface area contributed by atoms with Gasteiger partial charge in [-0.2, -0.15) is 4.98 Å². The van der Waals surface area contributed by atoms with Gasteiger partial charge < -0.3 is 20.5 Å². The molecule has 8 nitrogen and oxygen atoms in total. The third-order valence-corrected chi connectivity index (χ3v) is 6.89. The number of guanidine groups is 1. The summed E-state index contributed by atoms with van der Waals surface area (Å²) in [6, 6.07) is 12.5. The highest BCUT2D eigenvalue weighted by Crippen LogP contribution is 2.28. The summed E-state index contributed by atoms with van der Waals surface area (Å²) in [6.07, 6.45) is 14.5. The number of aromatic nitrogens is 3. The Hall–Kier alpha value is -3.42. The van der Waals surface area contributed by atoms with E-state index in [1.54, 1.807) is 6.20 Å². The van der Waals surface area contributed by atoms with Crippen molar-refractivity contribution in [2.75, 3.05) is 18.4 Å². The summed E-state index contributed by atoms with van der Waals surface area (Å²) in [7, 11) is 0. The highest BCUT2D eigenvalue weighted by Gasteiger charge is 2.29. The summed E-state index contributed by atoms with van der Waals surface area (Å²) in [5, 5.41) is 15.1. The Morgan fingerprint density at radius 1 is 1.06 bits per heavy atom. The van der Waals surface area contributed by atoms with Crippen LogP contribution in [0, 0.1) is 5.41 Å². The SMILES string of the molecule is CCCCCCCCCCc1ccc(Nc2ccc(-c3noc(C4CCN(C(=N)N)C4)n3)cn2)cc1. The van der Waals surface area contributed by atoms with E-state index in [0.717, 1.165) is 36.5 Å². The maximum absolute atomic E-state index is 7.58. The number of hydrogen-bond acceptors (Lipinski definition) is 6. The predicted octanol–water partition coefficient (Wildman–Crippen LogP) is 6.24. The van der Waals surface area contributed by atoms with Gasteiger partial charge in [-0.3, -0.25) is 5.41 Å². The minimum atomic E-state index is 0.0858. The fourth-order valence-corrected chi connectivity index (χ4v) is 4.66. The molecule has 0 aliphatic carbocycles. The lowest BCUT2D eigenvalue weighted by atomic mass is 10.0. The average Bonchev–Trinajstić information content (AvgIpc) is 3.58. The molecule has 1 fully saturated rings. The molecule has 4 N–H and O–H groups in total. The van der Waals surface area contributed by atoms with Crippen LogP contribution in [0.5, 0.6) is 0 Å². The summed E-state index contributed by atoms with van der Waals surface area (Å²) < 4.78 is 5.49. The van der Waals surface area contributed by atoms with Crippen molar-refractivity contribution in [3.63, 3.8) is 0 Å². The van der Waals surface area contributed by atoms with Crippen LogP contribution in [0.25, 0.3) is 11.4 Å². The lowest BCUT2D eigenvalue weighted by molar-refractivity contribution is 0.354. The number of nitrogens with two attached hydrogens (primary N) is 1. The second-order valence-corrected chi connectivity index (χ2v) is 9.75. The molecule has 0 saturated carbocycles. The Morgan fingerprint density at radius 2 is 1.81 bits per heavy atom. The molecule has 36 heavy (non-hydrogen) atoms. The van der Waals surface area contributed by atoms with Crippen molar-refractivity contribution in [2.24, 2.45) is 5.73 Å². The minimum Gasteiger partial charge on any atom is -0.370 e. The molecule has 0 spiro atoms. The van der Waals surface area contributed by atoms with Gasteiger partial charge in [0, 0.05) is 30.5 Å². The Labute approximate surface area is 214 Å². The Bertz CT molecular complexity index is 1080. The van der Waals surface area contributed by atoms with Gasteiger partial charge in [-0.15, -0.1) is 0 Å². The fourth-order valence-electron chi connectivity index (χ4n) is 4.66. The van der Waals surface area contributed by atoms with Gasteiger partial charge in [0.1, 0.15) is 5.82 Å². The highest BCUT2D eigenvalue weighted by molar-refractivity contribution is 5.75. The normalized spacial score (nSPS) is 15.4. The van der Waals surface area contributed by atoms with Crippen LogP contribution in [0.3, 0.4) is 0 Å². The van der Waals surface area contributed by atoms with Crippen LogP contribution < -0.4 is 11.1 Å². The zero-order valence-electron chi connectivity index (χ0n) is 21.4. The van der Waals surface area contributed by atoms with E-state index >= 15 is 0 Å². The molecule has 3 aromatic rings. The van der Waals surface area contributed by atoms with Crippen molar-refractivity contribution in [2.45, 2.75) is 77.0 Å². The molecule has 2 aromatic heterocycles. The number of hydrogen-bond donors (Lipinski definition) is 3. The molecular formula is C28H39N7O. The molecule has 0 amide bonds. The third-order valence-electron chi connectivity index (χ3n) is 6.89. The van der Waals surface area contributed by atoms with Gasteiger partial charge in [0.15, 0.2) is 5.96 Å². The zero-order valence-corrected chi connectivity index (χ0v) is 21.4. The first-order valence-electron chi connectivity index (χ1n) is 13.4. The lowest BCUT2D eigenvalue weighted by Gasteiger charge is -2.14. The Balaban J connectivity index is 1.22. The van der Waals surface area contributed by atoms with Crippen molar-refractivity contribution in [1.29, 1.82) is 5.41 Å². The molecule has 192 valence electrons. The maximum atomic E-state index is 7.58. The molecule has 0 bridgehead atoms. The first-order valence-corrected chi connectivity index (χ1v) is 13.4. The maximum Gasteiger partial charge on any atom is 0.231 e. The zero-order chi connectivity index (χ0) is 25.2. The van der Waals surface area contributed by atoms with E-state index in [1.165, 1.54) is 56.9 Å². The number of anilines is 2. The van der Waals surface area contributed by atoms with Crippen LogP contribution in [0.15, 0.2) is 47.1 Å². The van der Waals surface area contributed by atoms with E-state index in [9.17, 15) is 0 Å². The molecule has 8 heteroatoms. The summed E-state index contributed by atoms with van der Waals surface area (Å²) in [4.78, 5) is 10.9. The number of likely N-dealkylation sites (tertiary alicyclic amines) is 1. The molecule has 1 aliphatic heterocycles. The molecule has 1 aliphatic rings. The fraction of sp³-hybridized carbons (Fsp3) is 0.500. The molecule has 0 radical (unpaired) electrons. The molecule has 1 aromatic carbocycles. The molecule has 1 saturated heterocycles. The number of unbranched alkanes of at least 4 members (excludes halogenated alkanes) is 7. The molecule has 1 atom stereocenters. The van der Waals surface area contributed by atoms with E-state index in [1.807, 2.05) is 17.0 Å². The topological polar surface area (TPSA) is 117 Å². The number of pyridine rings is 1. The standard InChI is InChI=1S/C28H39N7O/c1-2-3-4-5-6-7-8-9-10-21-11-14-24(15-12-21)32-25-16-13-22(19-31-25)26-33-27(36-34-26)23-17-18-35(20-23)28(29)30/h11-16,19,23H,2-10,17-18,20H2,1H3,(H3,29,30)(H,31,32). The average molecular weight is 490 g/mol. The van der Waals surface area contributed by atoms with Crippen molar-refractivity contribution in [3.8, 4) is 11.4 Å². The van der Waals surface area contributed by atoms with Crippen LogP contribution in [0.2, 0.25) is 0 Å².